The van der Waals surface area contributed by atoms with E-state index >= 15 is 0 Å². The second kappa shape index (κ2) is 5.25. The number of rotatable bonds is 4. The summed E-state index contributed by atoms with van der Waals surface area (Å²) in [5.74, 6) is -0.525. The first kappa shape index (κ1) is 12.2. The average molecular weight is 223 g/mol. The molecule has 2 atom stereocenters. The molecule has 0 radical (unpaired) electrons. The zero-order valence-electron chi connectivity index (χ0n) is 9.12. The number of esters is 1. The molecule has 0 aliphatic heterocycles. The van der Waals surface area contributed by atoms with Gasteiger partial charge in [-0.05, 0) is 5.56 Å². The molecule has 0 spiro atoms. The molecule has 0 aliphatic rings. The molecule has 86 valence electrons. The Morgan fingerprint density at radius 2 is 1.94 bits per heavy atom. The summed E-state index contributed by atoms with van der Waals surface area (Å²) < 4.78 is 4.98. The van der Waals surface area contributed by atoms with Crippen LogP contribution in [0.25, 0.3) is 0 Å². The fourth-order valence-corrected chi connectivity index (χ4v) is 1.38. The lowest BCUT2D eigenvalue weighted by Gasteiger charge is -2.18. The summed E-state index contributed by atoms with van der Waals surface area (Å²) >= 11 is 0. The summed E-state index contributed by atoms with van der Waals surface area (Å²) in [6.07, 6.45) is -0.839. The van der Waals surface area contributed by atoms with Crippen molar-refractivity contribution in [3.05, 3.63) is 46.0 Å². The zero-order chi connectivity index (χ0) is 12.1. The van der Waals surface area contributed by atoms with Crippen LogP contribution in [0.5, 0.6) is 0 Å². The van der Waals surface area contributed by atoms with Crippen molar-refractivity contribution in [3.63, 3.8) is 0 Å². The largest absolute Gasteiger partial charge is 0.450 e. The summed E-state index contributed by atoms with van der Waals surface area (Å²) in [5, 5.41) is 10.7. The normalized spacial score (nSPS) is 13.9. The lowest BCUT2D eigenvalue weighted by molar-refractivity contribution is -0.530. The van der Waals surface area contributed by atoms with Gasteiger partial charge in [-0.1, -0.05) is 30.3 Å². The lowest BCUT2D eigenvalue weighted by atomic mass is 10.0. The summed E-state index contributed by atoms with van der Waals surface area (Å²) in [4.78, 5) is 21.2. The van der Waals surface area contributed by atoms with E-state index in [1.54, 1.807) is 30.3 Å². The molecule has 0 fully saturated rings. The SMILES string of the molecule is CC(=O)O[C@@H](c1ccccc1)[C@@H](C)[N+](=O)[O-]. The minimum Gasteiger partial charge on any atom is -0.450 e. The van der Waals surface area contributed by atoms with Gasteiger partial charge < -0.3 is 4.74 Å². The first-order chi connectivity index (χ1) is 7.52. The third-order valence-corrected chi connectivity index (χ3v) is 2.19. The van der Waals surface area contributed by atoms with Gasteiger partial charge in [-0.15, -0.1) is 0 Å². The summed E-state index contributed by atoms with van der Waals surface area (Å²) in [6, 6.07) is 7.73. The van der Waals surface area contributed by atoms with Crippen LogP contribution in [0.1, 0.15) is 25.5 Å². The monoisotopic (exact) mass is 223 g/mol. The van der Waals surface area contributed by atoms with Gasteiger partial charge in [-0.25, -0.2) is 0 Å². The molecule has 5 nitrogen and oxygen atoms in total. The highest BCUT2D eigenvalue weighted by molar-refractivity contribution is 5.66. The van der Waals surface area contributed by atoms with E-state index in [0.717, 1.165) is 0 Å². The van der Waals surface area contributed by atoms with Crippen molar-refractivity contribution < 1.29 is 14.5 Å². The number of carbonyl (C=O) groups is 1. The molecule has 0 heterocycles. The second-order valence-electron chi connectivity index (χ2n) is 3.47. The quantitative estimate of drug-likeness (QED) is 0.444. The van der Waals surface area contributed by atoms with Gasteiger partial charge >= 0.3 is 5.97 Å². The molecule has 1 aromatic rings. The van der Waals surface area contributed by atoms with Crippen molar-refractivity contribution in [1.82, 2.24) is 0 Å². The Bertz CT molecular complexity index is 377. The molecule has 0 saturated carbocycles. The van der Waals surface area contributed by atoms with Gasteiger partial charge in [-0.3, -0.25) is 14.9 Å². The van der Waals surface area contributed by atoms with Crippen molar-refractivity contribution in [3.8, 4) is 0 Å². The van der Waals surface area contributed by atoms with Gasteiger partial charge in [0, 0.05) is 18.8 Å². The molecule has 0 bridgehead atoms. The third kappa shape index (κ3) is 3.05. The Labute approximate surface area is 93.2 Å². The van der Waals surface area contributed by atoms with Gasteiger partial charge in [0.25, 0.3) is 6.04 Å². The van der Waals surface area contributed by atoms with Crippen LogP contribution in [0.2, 0.25) is 0 Å². The molecule has 16 heavy (non-hydrogen) atoms. The molecule has 0 amide bonds. The van der Waals surface area contributed by atoms with Gasteiger partial charge in [0.1, 0.15) is 0 Å². The van der Waals surface area contributed by atoms with E-state index in [1.807, 2.05) is 0 Å². The molecule has 0 saturated heterocycles. The fraction of sp³-hybridized carbons (Fsp3) is 0.364. The van der Waals surface area contributed by atoms with Crippen LogP contribution in [0.15, 0.2) is 30.3 Å². The first-order valence-corrected chi connectivity index (χ1v) is 4.88. The summed E-state index contributed by atoms with van der Waals surface area (Å²) in [7, 11) is 0. The minimum atomic E-state index is -0.966. The predicted octanol–water partition coefficient (Wildman–Crippen LogP) is 1.96. The number of benzene rings is 1. The molecule has 1 rings (SSSR count). The van der Waals surface area contributed by atoms with E-state index in [4.69, 9.17) is 4.74 Å². The Balaban J connectivity index is 2.96. The zero-order valence-corrected chi connectivity index (χ0v) is 9.12. The van der Waals surface area contributed by atoms with Crippen molar-refractivity contribution >= 4 is 5.97 Å². The number of nitrogens with zero attached hydrogens (tertiary/aromatic N) is 1. The van der Waals surface area contributed by atoms with Gasteiger partial charge in [0.05, 0.1) is 0 Å². The predicted molar refractivity (Wildman–Crippen MR) is 57.4 cm³/mol. The fourth-order valence-electron chi connectivity index (χ4n) is 1.38. The van der Waals surface area contributed by atoms with Crippen LogP contribution >= 0.6 is 0 Å². The highest BCUT2D eigenvalue weighted by Crippen LogP contribution is 2.22. The Morgan fingerprint density at radius 3 is 2.38 bits per heavy atom. The third-order valence-electron chi connectivity index (χ3n) is 2.19. The van der Waals surface area contributed by atoms with Crippen molar-refractivity contribution in [2.75, 3.05) is 0 Å². The van der Waals surface area contributed by atoms with E-state index in [-0.39, 0.29) is 0 Å². The van der Waals surface area contributed by atoms with E-state index < -0.39 is 23.0 Å². The van der Waals surface area contributed by atoms with E-state index in [9.17, 15) is 14.9 Å². The molecule has 0 aromatic heterocycles. The molecule has 0 N–H and O–H groups in total. The molecule has 0 aliphatic carbocycles. The van der Waals surface area contributed by atoms with E-state index in [0.29, 0.717) is 5.56 Å². The molecule has 1 aromatic carbocycles. The highest BCUT2D eigenvalue weighted by Gasteiger charge is 2.30. The van der Waals surface area contributed by atoms with Crippen molar-refractivity contribution in [2.45, 2.75) is 26.0 Å². The summed E-state index contributed by atoms with van der Waals surface area (Å²) in [6.45, 7) is 2.66. The Kier molecular flexibility index (Phi) is 3.99. The standard InChI is InChI=1S/C11H13NO4/c1-8(12(14)15)11(16-9(2)13)10-6-4-3-5-7-10/h3-8,11H,1-2H3/t8-,11-/m1/s1. The van der Waals surface area contributed by atoms with Gasteiger partial charge in [-0.2, -0.15) is 0 Å². The molecule has 5 heteroatoms. The summed E-state index contributed by atoms with van der Waals surface area (Å²) in [5.41, 5.74) is 0.627. The van der Waals surface area contributed by atoms with Crippen LogP contribution in [-0.2, 0) is 9.53 Å². The second-order valence-corrected chi connectivity index (χ2v) is 3.47. The van der Waals surface area contributed by atoms with Crippen LogP contribution in [-0.4, -0.2) is 16.9 Å². The van der Waals surface area contributed by atoms with Crippen LogP contribution < -0.4 is 0 Å². The Morgan fingerprint density at radius 1 is 1.38 bits per heavy atom. The number of carbonyl (C=O) groups excluding carboxylic acids is 1. The maximum absolute atomic E-state index is 10.9. The molecule has 0 unspecified atom stereocenters. The topological polar surface area (TPSA) is 69.4 Å². The molecular weight excluding hydrogens is 210 g/mol. The minimum absolute atomic E-state index is 0.458. The maximum Gasteiger partial charge on any atom is 0.303 e. The van der Waals surface area contributed by atoms with E-state index in [1.165, 1.54) is 13.8 Å². The first-order valence-electron chi connectivity index (χ1n) is 4.88. The van der Waals surface area contributed by atoms with Crippen LogP contribution in [0, 0.1) is 10.1 Å². The van der Waals surface area contributed by atoms with Crippen molar-refractivity contribution in [1.29, 1.82) is 0 Å². The number of nitro groups is 1. The number of hydrogen-bond acceptors (Lipinski definition) is 4. The van der Waals surface area contributed by atoms with E-state index in [2.05, 4.69) is 0 Å². The van der Waals surface area contributed by atoms with Gasteiger partial charge in [0.2, 0.25) is 0 Å². The Hall–Kier alpha value is -1.91. The van der Waals surface area contributed by atoms with Crippen LogP contribution in [0.3, 0.4) is 0 Å². The van der Waals surface area contributed by atoms with Crippen molar-refractivity contribution in [2.24, 2.45) is 0 Å². The average Bonchev–Trinajstić information content (AvgIpc) is 2.26. The number of hydrogen-bond donors (Lipinski definition) is 0. The number of ether oxygens (including phenoxy) is 1. The lowest BCUT2D eigenvalue weighted by Crippen LogP contribution is -2.27. The smallest absolute Gasteiger partial charge is 0.303 e. The van der Waals surface area contributed by atoms with Crippen LogP contribution in [0.4, 0.5) is 0 Å². The molecular formula is C11H13NO4. The van der Waals surface area contributed by atoms with Gasteiger partial charge in [0.15, 0.2) is 6.10 Å². The maximum atomic E-state index is 10.9. The highest BCUT2D eigenvalue weighted by atomic mass is 16.6.